The van der Waals surface area contributed by atoms with E-state index < -0.39 is 0 Å². The maximum absolute atomic E-state index is 13.2. The molecule has 11 nitrogen and oxygen atoms in total. The molecule has 2 aromatic carbocycles. The van der Waals surface area contributed by atoms with Crippen LogP contribution in [0.5, 0.6) is 5.75 Å². The number of nitrogens with zero attached hydrogens (tertiary/aromatic N) is 6. The first-order chi connectivity index (χ1) is 19.4. The summed E-state index contributed by atoms with van der Waals surface area (Å²) in [5, 5.41) is 15.1. The lowest BCUT2D eigenvalue weighted by Gasteiger charge is -2.23. The molecule has 3 heterocycles. The van der Waals surface area contributed by atoms with Gasteiger partial charge in [0.25, 0.3) is 5.91 Å². The number of ether oxygens (including phenoxy) is 1. The van der Waals surface area contributed by atoms with E-state index in [1.807, 2.05) is 62.6 Å². The van der Waals surface area contributed by atoms with Crippen LogP contribution in [0.2, 0.25) is 0 Å². The monoisotopic (exact) mass is 542 g/mol. The second-order valence-corrected chi connectivity index (χ2v) is 9.89. The third-order valence-corrected chi connectivity index (χ3v) is 6.63. The quantitative estimate of drug-likeness (QED) is 0.408. The molecule has 0 spiro atoms. The van der Waals surface area contributed by atoms with Crippen molar-refractivity contribution >= 4 is 11.8 Å². The summed E-state index contributed by atoms with van der Waals surface area (Å²) >= 11 is 0. The Morgan fingerprint density at radius 2 is 1.88 bits per heavy atom. The van der Waals surface area contributed by atoms with Gasteiger partial charge in [0.15, 0.2) is 5.82 Å². The van der Waals surface area contributed by atoms with Crippen molar-refractivity contribution in [2.45, 2.75) is 32.5 Å². The van der Waals surface area contributed by atoms with E-state index in [1.54, 1.807) is 27.7 Å². The number of benzene rings is 2. The normalized spacial score (nSPS) is 17.6. The van der Waals surface area contributed by atoms with Crippen LogP contribution in [-0.4, -0.2) is 67.5 Å². The Balaban J connectivity index is 1.41. The zero-order chi connectivity index (χ0) is 27.9. The summed E-state index contributed by atoms with van der Waals surface area (Å²) in [5.74, 6) is 1.54. The topological polar surface area (TPSA) is 119 Å². The zero-order valence-electron chi connectivity index (χ0n) is 22.8. The van der Waals surface area contributed by atoms with Gasteiger partial charge >= 0.3 is 0 Å². The van der Waals surface area contributed by atoms with Gasteiger partial charge in [-0.25, -0.2) is 9.67 Å². The Kier molecular flexibility index (Phi) is 8.50. The van der Waals surface area contributed by atoms with Gasteiger partial charge in [0.05, 0.1) is 25.3 Å². The van der Waals surface area contributed by atoms with Crippen molar-refractivity contribution in [2.24, 2.45) is 7.05 Å². The summed E-state index contributed by atoms with van der Waals surface area (Å²) in [7, 11) is 1.87. The van der Waals surface area contributed by atoms with Crippen LogP contribution in [0.4, 0.5) is 0 Å². The van der Waals surface area contributed by atoms with Crippen molar-refractivity contribution in [2.75, 3.05) is 26.2 Å². The third kappa shape index (κ3) is 6.92. The van der Waals surface area contributed by atoms with Crippen LogP contribution in [-0.2, 0) is 24.9 Å². The van der Waals surface area contributed by atoms with Crippen LogP contribution in [0.15, 0.2) is 67.0 Å². The van der Waals surface area contributed by atoms with Crippen LogP contribution in [0.25, 0.3) is 11.4 Å². The molecule has 0 aliphatic carbocycles. The van der Waals surface area contributed by atoms with Crippen molar-refractivity contribution in [1.82, 2.24) is 40.1 Å². The summed E-state index contributed by atoms with van der Waals surface area (Å²) < 4.78 is 9.49. The summed E-state index contributed by atoms with van der Waals surface area (Å²) in [6.45, 7) is 4.51. The minimum atomic E-state index is -0.376. The Labute approximate surface area is 233 Å². The molecular weight excluding hydrogens is 508 g/mol. The molecule has 5 rings (SSSR count). The van der Waals surface area contributed by atoms with E-state index in [1.165, 1.54) is 0 Å². The van der Waals surface area contributed by atoms with Gasteiger partial charge in [-0.15, -0.1) is 0 Å². The van der Waals surface area contributed by atoms with Crippen molar-refractivity contribution in [3.8, 4) is 17.1 Å². The molecule has 2 N–H and O–H groups in total. The molecule has 40 heavy (non-hydrogen) atoms. The molecule has 1 aliphatic rings. The highest BCUT2D eigenvalue weighted by Gasteiger charge is 2.21. The van der Waals surface area contributed by atoms with Gasteiger partial charge < -0.3 is 15.4 Å². The molecule has 0 saturated heterocycles. The smallest absolute Gasteiger partial charge is 0.251 e. The molecule has 0 unspecified atom stereocenters. The number of hydrogen-bond acceptors (Lipinski definition) is 7. The first kappa shape index (κ1) is 27.1. The fraction of sp³-hybridized carbons (Fsp3) is 0.345. The highest BCUT2D eigenvalue weighted by Crippen LogP contribution is 2.20. The van der Waals surface area contributed by atoms with Crippen molar-refractivity contribution in [1.29, 1.82) is 0 Å². The maximum Gasteiger partial charge on any atom is 0.251 e. The Hall–Kier alpha value is -4.51. The Bertz CT molecular complexity index is 1450. The van der Waals surface area contributed by atoms with Gasteiger partial charge in [0, 0.05) is 49.6 Å². The number of aryl methyl sites for hydroxylation is 1. The van der Waals surface area contributed by atoms with E-state index in [4.69, 9.17) is 14.8 Å². The van der Waals surface area contributed by atoms with Crippen molar-refractivity contribution in [3.63, 3.8) is 0 Å². The zero-order valence-corrected chi connectivity index (χ0v) is 22.8. The van der Waals surface area contributed by atoms with Crippen LogP contribution in [0.3, 0.4) is 0 Å². The number of rotatable bonds is 3. The van der Waals surface area contributed by atoms with Gasteiger partial charge in [-0.3, -0.25) is 19.2 Å². The average Bonchev–Trinajstić information content (AvgIpc) is 3.57. The number of hydrogen-bond donors (Lipinski definition) is 2. The van der Waals surface area contributed by atoms with Crippen LogP contribution < -0.4 is 15.4 Å². The van der Waals surface area contributed by atoms with E-state index in [0.717, 1.165) is 11.1 Å². The minimum Gasteiger partial charge on any atom is -0.492 e. The molecule has 0 radical (unpaired) electrons. The first-order valence-electron chi connectivity index (χ1n) is 13.4. The fourth-order valence-electron chi connectivity index (χ4n) is 4.71. The van der Waals surface area contributed by atoms with E-state index in [9.17, 15) is 9.59 Å². The van der Waals surface area contributed by atoms with E-state index in [-0.39, 0.29) is 24.4 Å². The lowest BCUT2D eigenvalue weighted by Crippen LogP contribution is -2.40. The average molecular weight is 543 g/mol. The molecule has 11 heteroatoms. The highest BCUT2D eigenvalue weighted by molar-refractivity contribution is 5.94. The lowest BCUT2D eigenvalue weighted by molar-refractivity contribution is -0.123. The van der Waals surface area contributed by atoms with Gasteiger partial charge in [0.2, 0.25) is 5.91 Å². The summed E-state index contributed by atoms with van der Waals surface area (Å²) in [5.41, 5.74) is 2.44. The van der Waals surface area contributed by atoms with Crippen molar-refractivity contribution < 1.29 is 14.3 Å². The van der Waals surface area contributed by atoms with Crippen LogP contribution in [0, 0.1) is 0 Å². The summed E-state index contributed by atoms with van der Waals surface area (Å²) in [6.07, 6.45) is 4.42. The molecular formula is C29H34N8O3. The number of fused-ring (bicyclic) bond motifs is 3. The predicted molar refractivity (Wildman–Crippen MR) is 149 cm³/mol. The van der Waals surface area contributed by atoms with E-state index in [0.29, 0.717) is 62.2 Å². The molecule has 1 atom stereocenters. The number of aromatic nitrogens is 5. The summed E-state index contributed by atoms with van der Waals surface area (Å²) in [6, 6.07) is 16.5. The third-order valence-electron chi connectivity index (χ3n) is 6.63. The SMILES string of the molecule is C[C@@H]1NC(=O)CN(Cc2cnn(C)c2)CCCNC(=O)c2cccc(c2)OCCn2nc(-c3ccccc3)nc21. The minimum absolute atomic E-state index is 0.122. The van der Waals surface area contributed by atoms with Crippen LogP contribution in [0.1, 0.15) is 41.1 Å². The number of carbonyl (C=O) groups excluding carboxylic acids is 2. The van der Waals surface area contributed by atoms with Gasteiger partial charge in [-0.1, -0.05) is 36.4 Å². The standard InChI is InChI=1S/C29H34N8O3/c1-21-28-33-27(23-8-4-3-5-9-23)34-37(28)14-15-40-25-11-6-10-24(16-25)29(39)30-12-7-13-36(20-26(38)32-21)19-22-17-31-35(2)18-22/h3-6,8-11,16-18,21H,7,12-15,19-20H2,1-2H3,(H,30,39)(H,32,38)/t21-/m0/s1. The maximum atomic E-state index is 13.2. The van der Waals surface area contributed by atoms with Gasteiger partial charge in [-0.05, 0) is 31.5 Å². The van der Waals surface area contributed by atoms with E-state index in [2.05, 4.69) is 20.6 Å². The predicted octanol–water partition coefficient (Wildman–Crippen LogP) is 2.57. The summed E-state index contributed by atoms with van der Waals surface area (Å²) in [4.78, 5) is 32.8. The molecule has 2 amide bonds. The second-order valence-electron chi connectivity index (χ2n) is 9.89. The molecule has 0 fully saturated rings. The van der Waals surface area contributed by atoms with Crippen LogP contribution >= 0.6 is 0 Å². The number of nitrogens with one attached hydrogen (secondary N) is 2. The Morgan fingerprint density at radius 3 is 2.67 bits per heavy atom. The molecule has 208 valence electrons. The molecule has 0 saturated carbocycles. The fourth-order valence-corrected chi connectivity index (χ4v) is 4.71. The van der Waals surface area contributed by atoms with Gasteiger partial charge in [-0.2, -0.15) is 10.2 Å². The number of amides is 2. The molecule has 2 bridgehead atoms. The molecule has 4 aromatic rings. The lowest BCUT2D eigenvalue weighted by atomic mass is 10.2. The molecule has 1 aliphatic heterocycles. The van der Waals surface area contributed by atoms with E-state index >= 15 is 0 Å². The Morgan fingerprint density at radius 1 is 1.05 bits per heavy atom. The van der Waals surface area contributed by atoms with Gasteiger partial charge in [0.1, 0.15) is 18.2 Å². The number of carbonyl (C=O) groups is 2. The largest absolute Gasteiger partial charge is 0.492 e. The first-order valence-corrected chi connectivity index (χ1v) is 13.4. The highest BCUT2D eigenvalue weighted by atomic mass is 16.5. The molecule has 2 aromatic heterocycles. The van der Waals surface area contributed by atoms with Crippen molar-refractivity contribution in [3.05, 3.63) is 83.9 Å². The second kappa shape index (κ2) is 12.6.